The van der Waals surface area contributed by atoms with Crippen molar-refractivity contribution in [1.82, 2.24) is 5.32 Å². The summed E-state index contributed by atoms with van der Waals surface area (Å²) in [5, 5.41) is 5.50. The van der Waals surface area contributed by atoms with Crippen LogP contribution in [0.25, 0.3) is 0 Å². The first kappa shape index (κ1) is 15.2. The third-order valence-electron chi connectivity index (χ3n) is 2.85. The number of ether oxygens (including phenoxy) is 1. The largest absolute Gasteiger partial charge is 0.380 e. The molecule has 0 unspecified atom stereocenters. The van der Waals surface area contributed by atoms with Gasteiger partial charge in [-0.25, -0.2) is 0 Å². The van der Waals surface area contributed by atoms with E-state index in [4.69, 9.17) is 4.74 Å². The van der Waals surface area contributed by atoms with Gasteiger partial charge in [0.15, 0.2) is 0 Å². The lowest BCUT2D eigenvalue weighted by atomic mass is 10.1. The molecule has 1 N–H and O–H groups in total. The molecule has 98 valence electrons. The van der Waals surface area contributed by atoms with Crippen LogP contribution in [0.1, 0.15) is 31.6 Å². The average molecular weight is 320 g/mol. The van der Waals surface area contributed by atoms with Gasteiger partial charge in [0, 0.05) is 34.4 Å². The third-order valence-corrected chi connectivity index (χ3v) is 4.55. The van der Waals surface area contributed by atoms with Gasteiger partial charge >= 0.3 is 0 Å². The second kappa shape index (κ2) is 9.09. The summed E-state index contributed by atoms with van der Waals surface area (Å²) in [6, 6.07) is 2.16. The molecule has 1 aromatic rings. The van der Waals surface area contributed by atoms with Gasteiger partial charge in [0.2, 0.25) is 0 Å². The summed E-state index contributed by atoms with van der Waals surface area (Å²) < 4.78 is 6.82. The highest BCUT2D eigenvalue weighted by atomic mass is 79.9. The van der Waals surface area contributed by atoms with Crippen molar-refractivity contribution in [2.24, 2.45) is 5.92 Å². The quantitative estimate of drug-likeness (QED) is 0.693. The molecule has 1 heterocycles. The number of halogens is 1. The molecule has 0 aliphatic carbocycles. The van der Waals surface area contributed by atoms with Crippen molar-refractivity contribution in [3.05, 3.63) is 20.8 Å². The van der Waals surface area contributed by atoms with Crippen molar-refractivity contribution >= 4 is 27.3 Å². The Hall–Kier alpha value is 0.1000. The Morgan fingerprint density at radius 2 is 2.18 bits per heavy atom. The first-order chi connectivity index (χ1) is 8.26. The summed E-state index contributed by atoms with van der Waals surface area (Å²) in [6.45, 7) is 8.03. The Morgan fingerprint density at radius 3 is 2.76 bits per heavy atom. The van der Waals surface area contributed by atoms with E-state index in [9.17, 15) is 0 Å². The zero-order valence-electron chi connectivity index (χ0n) is 10.7. The van der Waals surface area contributed by atoms with E-state index < -0.39 is 0 Å². The molecule has 0 aliphatic rings. The van der Waals surface area contributed by atoms with Gasteiger partial charge in [0.1, 0.15) is 0 Å². The smallest absolute Gasteiger partial charge is 0.0591 e. The highest BCUT2D eigenvalue weighted by molar-refractivity contribution is 9.10. The molecule has 0 aliphatic heterocycles. The number of hydrogen-bond acceptors (Lipinski definition) is 3. The van der Waals surface area contributed by atoms with E-state index in [2.05, 4.69) is 46.5 Å². The van der Waals surface area contributed by atoms with E-state index in [0.29, 0.717) is 0 Å². The van der Waals surface area contributed by atoms with E-state index in [-0.39, 0.29) is 0 Å². The average Bonchev–Trinajstić information content (AvgIpc) is 2.74. The topological polar surface area (TPSA) is 21.3 Å². The SMILES string of the molecule is CCC(CC)COCCNCc1cc(Br)cs1. The van der Waals surface area contributed by atoms with Gasteiger partial charge < -0.3 is 10.1 Å². The van der Waals surface area contributed by atoms with Crippen LogP contribution in [0.4, 0.5) is 0 Å². The molecule has 0 spiro atoms. The van der Waals surface area contributed by atoms with Crippen molar-refractivity contribution in [2.75, 3.05) is 19.8 Å². The van der Waals surface area contributed by atoms with Gasteiger partial charge in [-0.05, 0) is 27.9 Å². The fraction of sp³-hybridized carbons (Fsp3) is 0.692. The van der Waals surface area contributed by atoms with E-state index in [1.807, 2.05) is 0 Å². The molecule has 0 saturated carbocycles. The molecule has 0 aromatic carbocycles. The standard InChI is InChI=1S/C13H22BrNOS/c1-3-11(4-2)9-16-6-5-15-8-13-7-12(14)10-17-13/h7,10-11,15H,3-6,8-9H2,1-2H3. The van der Waals surface area contributed by atoms with Gasteiger partial charge in [0.05, 0.1) is 6.61 Å². The van der Waals surface area contributed by atoms with Crippen molar-refractivity contribution in [2.45, 2.75) is 33.2 Å². The Labute approximate surface area is 117 Å². The minimum absolute atomic E-state index is 0.725. The van der Waals surface area contributed by atoms with E-state index in [1.165, 1.54) is 22.2 Å². The van der Waals surface area contributed by atoms with Gasteiger partial charge in [-0.1, -0.05) is 26.7 Å². The molecule has 17 heavy (non-hydrogen) atoms. The van der Waals surface area contributed by atoms with Crippen LogP contribution in [0.5, 0.6) is 0 Å². The van der Waals surface area contributed by atoms with Gasteiger partial charge in [-0.3, -0.25) is 0 Å². The minimum Gasteiger partial charge on any atom is -0.380 e. The molecular weight excluding hydrogens is 298 g/mol. The van der Waals surface area contributed by atoms with E-state index in [1.54, 1.807) is 11.3 Å². The summed E-state index contributed by atoms with van der Waals surface area (Å²) in [7, 11) is 0. The zero-order valence-corrected chi connectivity index (χ0v) is 13.1. The first-order valence-electron chi connectivity index (χ1n) is 6.27. The zero-order chi connectivity index (χ0) is 12.5. The molecule has 0 saturated heterocycles. The van der Waals surface area contributed by atoms with Crippen LogP contribution in [0, 0.1) is 5.92 Å². The van der Waals surface area contributed by atoms with Crippen LogP contribution in [0.3, 0.4) is 0 Å². The molecule has 0 atom stereocenters. The van der Waals surface area contributed by atoms with Crippen LogP contribution in [0.2, 0.25) is 0 Å². The second-order valence-corrected chi connectivity index (χ2v) is 6.08. The summed E-state index contributed by atoms with van der Waals surface area (Å²) in [5.41, 5.74) is 0. The number of hydrogen-bond donors (Lipinski definition) is 1. The Kier molecular flexibility index (Phi) is 8.10. The van der Waals surface area contributed by atoms with Gasteiger partial charge in [0.25, 0.3) is 0 Å². The van der Waals surface area contributed by atoms with E-state index >= 15 is 0 Å². The maximum atomic E-state index is 5.65. The molecule has 0 bridgehead atoms. The van der Waals surface area contributed by atoms with Crippen molar-refractivity contribution in [1.29, 1.82) is 0 Å². The Bertz CT molecular complexity index is 299. The van der Waals surface area contributed by atoms with Crippen LogP contribution in [-0.2, 0) is 11.3 Å². The molecule has 4 heteroatoms. The van der Waals surface area contributed by atoms with Gasteiger partial charge in [-0.2, -0.15) is 0 Å². The molecule has 1 rings (SSSR count). The lowest BCUT2D eigenvalue weighted by Gasteiger charge is -2.12. The Balaban J connectivity index is 1.97. The van der Waals surface area contributed by atoms with Crippen molar-refractivity contribution < 1.29 is 4.74 Å². The van der Waals surface area contributed by atoms with Crippen LogP contribution in [-0.4, -0.2) is 19.8 Å². The maximum Gasteiger partial charge on any atom is 0.0591 e. The molecule has 2 nitrogen and oxygen atoms in total. The fourth-order valence-electron chi connectivity index (χ4n) is 1.58. The highest BCUT2D eigenvalue weighted by Crippen LogP contribution is 2.19. The number of nitrogens with one attached hydrogen (secondary N) is 1. The minimum atomic E-state index is 0.725. The van der Waals surface area contributed by atoms with Crippen LogP contribution in [0.15, 0.2) is 15.9 Å². The summed E-state index contributed by atoms with van der Waals surface area (Å²) in [6.07, 6.45) is 2.43. The summed E-state index contributed by atoms with van der Waals surface area (Å²) in [4.78, 5) is 1.36. The summed E-state index contributed by atoms with van der Waals surface area (Å²) in [5.74, 6) is 0.725. The molecule has 0 amide bonds. The lowest BCUT2D eigenvalue weighted by molar-refractivity contribution is 0.0981. The summed E-state index contributed by atoms with van der Waals surface area (Å²) >= 11 is 5.23. The van der Waals surface area contributed by atoms with Gasteiger partial charge in [-0.15, -0.1) is 11.3 Å². The second-order valence-electron chi connectivity index (χ2n) is 4.17. The highest BCUT2D eigenvalue weighted by Gasteiger charge is 2.02. The molecule has 1 aromatic heterocycles. The first-order valence-corrected chi connectivity index (χ1v) is 7.94. The van der Waals surface area contributed by atoms with Crippen LogP contribution < -0.4 is 5.32 Å². The predicted molar refractivity (Wildman–Crippen MR) is 78.6 cm³/mol. The normalized spacial score (nSPS) is 11.3. The fourth-order valence-corrected chi connectivity index (χ4v) is 3.00. The number of rotatable bonds is 9. The number of thiophene rings is 1. The van der Waals surface area contributed by atoms with Crippen molar-refractivity contribution in [3.63, 3.8) is 0 Å². The van der Waals surface area contributed by atoms with Crippen molar-refractivity contribution in [3.8, 4) is 0 Å². The lowest BCUT2D eigenvalue weighted by Crippen LogP contribution is -2.20. The maximum absolute atomic E-state index is 5.65. The van der Waals surface area contributed by atoms with E-state index in [0.717, 1.165) is 32.2 Å². The third kappa shape index (κ3) is 6.55. The predicted octanol–water partition coefficient (Wildman–Crippen LogP) is 4.05. The Morgan fingerprint density at radius 1 is 1.41 bits per heavy atom. The molecule has 0 radical (unpaired) electrons. The molecule has 0 fully saturated rings. The van der Waals surface area contributed by atoms with Crippen LogP contribution >= 0.6 is 27.3 Å². The molecular formula is C13H22BrNOS. The monoisotopic (exact) mass is 319 g/mol.